The van der Waals surface area contributed by atoms with E-state index in [0.717, 1.165) is 0 Å². The maximum atomic E-state index is 13.6. The van der Waals surface area contributed by atoms with Gasteiger partial charge in [0.25, 0.3) is 0 Å². The molecule has 2 nitrogen and oxygen atoms in total. The molecule has 0 saturated carbocycles. The van der Waals surface area contributed by atoms with Crippen molar-refractivity contribution >= 4 is 5.78 Å². The average molecular weight is 467 g/mol. The van der Waals surface area contributed by atoms with Crippen LogP contribution in [0.3, 0.4) is 0 Å². The van der Waals surface area contributed by atoms with Crippen molar-refractivity contribution in [1.82, 2.24) is 0 Å². The standard InChI is InChI=1S/C8H16FO2P.W.Y/c1-6-8(2,9)4-7(11-6)5-10-12-3;;/h6-7,12H,4-5H2,1-3H3;;/t6-,7-,8+;;/m0../s1. The van der Waals surface area contributed by atoms with E-state index >= 15 is 0 Å². The monoisotopic (exact) mass is 467 g/mol. The van der Waals surface area contributed by atoms with Crippen molar-refractivity contribution < 1.29 is 65.2 Å². The third-order valence-corrected chi connectivity index (χ3v) is 4.19. The molecule has 0 aromatic heterocycles. The Bertz CT molecular complexity index is 216. The van der Waals surface area contributed by atoms with Crippen LogP contribution < -0.4 is 0 Å². The molecule has 6 heteroatoms. The number of rotatable bonds is 3. The maximum absolute atomic E-state index is 13.6. The van der Waals surface area contributed by atoms with Gasteiger partial charge < -0.3 is 0 Å². The first kappa shape index (κ1) is 16.1. The molecule has 0 bridgehead atoms. The molecule has 0 aromatic rings. The number of hydrogen-bond donors (Lipinski definition) is 0. The van der Waals surface area contributed by atoms with Gasteiger partial charge in [-0.3, -0.25) is 0 Å². The van der Waals surface area contributed by atoms with Gasteiger partial charge in [-0.2, -0.15) is 0 Å². The van der Waals surface area contributed by atoms with Gasteiger partial charge in [-0.1, -0.05) is 0 Å². The van der Waals surface area contributed by atoms with Crippen LogP contribution in [-0.4, -0.2) is 31.1 Å². The van der Waals surface area contributed by atoms with Gasteiger partial charge in [-0.25, -0.2) is 0 Å². The first-order valence-electron chi connectivity index (χ1n) is 4.39. The zero-order valence-electron chi connectivity index (χ0n) is 8.75. The maximum Gasteiger partial charge on any atom is 0 e. The number of hydrogen-bond acceptors (Lipinski definition) is 2. The summed E-state index contributed by atoms with van der Waals surface area (Å²) in [4.78, 5) is 0. The van der Waals surface area contributed by atoms with Crippen molar-refractivity contribution in [2.75, 3.05) is 13.3 Å². The number of ether oxygens (including phenoxy) is 1. The van der Waals surface area contributed by atoms with Crippen molar-refractivity contribution in [3.05, 3.63) is 0 Å². The van der Waals surface area contributed by atoms with Gasteiger partial charge >= 0.3 is 89.7 Å². The predicted octanol–water partition coefficient (Wildman–Crippen LogP) is 2.13. The topological polar surface area (TPSA) is 18.5 Å². The molecular weight excluding hydrogens is 451 g/mol. The number of halogens is 1. The second kappa shape index (κ2) is 6.72. The Kier molecular flexibility index (Phi) is 7.72. The molecule has 1 saturated heterocycles. The van der Waals surface area contributed by atoms with Gasteiger partial charge in [0.15, 0.2) is 0 Å². The second-order valence-electron chi connectivity index (χ2n) is 3.69. The summed E-state index contributed by atoms with van der Waals surface area (Å²) in [5.74, 6) is -0.595. The van der Waals surface area contributed by atoms with Crippen molar-refractivity contribution in [3.63, 3.8) is 0 Å². The van der Waals surface area contributed by atoms with Crippen molar-refractivity contribution in [2.24, 2.45) is 0 Å². The molecule has 0 spiro atoms. The molecule has 1 radical (unpaired) electrons. The quantitative estimate of drug-likeness (QED) is 0.593. The van der Waals surface area contributed by atoms with E-state index in [9.17, 15) is 4.39 Å². The third-order valence-electron chi connectivity index (χ3n) is 2.34. The fourth-order valence-electron chi connectivity index (χ4n) is 1.40. The first-order chi connectivity index (χ1) is 5.92. The summed E-state index contributed by atoms with van der Waals surface area (Å²) in [6.45, 7) is 6.06. The smallest absolute Gasteiger partial charge is 0 e. The van der Waals surface area contributed by atoms with Crippen LogP contribution in [0.1, 0.15) is 20.3 Å². The van der Waals surface area contributed by atoms with Crippen LogP contribution in [0.15, 0.2) is 0 Å². The summed E-state index contributed by atoms with van der Waals surface area (Å²) in [7, 11) is 0. The van der Waals surface area contributed by atoms with Gasteiger partial charge in [0, 0.05) is 32.7 Å². The summed E-state index contributed by atoms with van der Waals surface area (Å²) >= 11 is 1.49. The summed E-state index contributed by atoms with van der Waals surface area (Å²) < 4.78 is 24.6. The summed E-state index contributed by atoms with van der Waals surface area (Å²) in [6, 6.07) is 0. The molecule has 14 heavy (non-hydrogen) atoms. The summed E-state index contributed by atoms with van der Waals surface area (Å²) in [5, 5.41) is 0. The molecule has 0 N–H and O–H groups in total. The second-order valence-corrected chi connectivity index (χ2v) is 11.2. The van der Waals surface area contributed by atoms with Gasteiger partial charge in [-0.05, 0) is 0 Å². The van der Waals surface area contributed by atoms with E-state index in [1.54, 1.807) is 13.8 Å². The molecule has 1 aliphatic heterocycles. The van der Waals surface area contributed by atoms with Crippen molar-refractivity contribution in [2.45, 2.75) is 38.1 Å². The van der Waals surface area contributed by atoms with Crippen molar-refractivity contribution in [3.8, 4) is 0 Å². The van der Waals surface area contributed by atoms with Crippen LogP contribution in [0, 0.1) is 0 Å². The Morgan fingerprint density at radius 1 is 1.71 bits per heavy atom. The van der Waals surface area contributed by atoms with E-state index in [4.69, 9.17) is 9.26 Å². The van der Waals surface area contributed by atoms with E-state index in [2.05, 4.69) is 6.66 Å². The minimum Gasteiger partial charge on any atom is 0 e. The molecule has 1 rings (SSSR count). The summed E-state index contributed by atoms with van der Waals surface area (Å²) in [5.41, 5.74) is -1.17. The minimum atomic E-state index is -1.17. The van der Waals surface area contributed by atoms with Gasteiger partial charge in [0.05, 0.1) is 0 Å². The summed E-state index contributed by atoms with van der Waals surface area (Å²) in [6.07, 6.45) is 0.140. The normalized spacial score (nSPS) is 39.1. The Hall–Kier alpha value is 2.07. The van der Waals surface area contributed by atoms with Crippen LogP contribution in [-0.2, 0) is 60.8 Å². The third kappa shape index (κ3) is 4.94. The van der Waals surface area contributed by atoms with E-state index in [1.807, 2.05) is 0 Å². The molecule has 1 heterocycles. The fraction of sp³-hybridized carbons (Fsp3) is 1.00. The Morgan fingerprint density at radius 3 is 2.64 bits per heavy atom. The fourth-order valence-corrected chi connectivity index (χ4v) is 2.55. The predicted molar refractivity (Wildman–Crippen MR) is 48.7 cm³/mol. The zero-order valence-corrected chi connectivity index (χ0v) is 15.5. The van der Waals surface area contributed by atoms with Gasteiger partial charge in [0.1, 0.15) is 0 Å². The largest absolute Gasteiger partial charge is 0 e. The Morgan fingerprint density at radius 2 is 2.29 bits per heavy atom. The average Bonchev–Trinajstić information content (AvgIpc) is 2.22. The van der Waals surface area contributed by atoms with Crippen LogP contribution in [0.4, 0.5) is 4.39 Å². The van der Waals surface area contributed by atoms with Crippen LogP contribution >= 0.6 is 5.78 Å². The Labute approximate surface area is 121 Å². The molecule has 0 aromatic carbocycles. The molecular formula is C8H16FO2PWY. The molecule has 81 valence electrons. The van der Waals surface area contributed by atoms with Crippen LogP contribution in [0.2, 0.25) is 0 Å². The van der Waals surface area contributed by atoms with Crippen LogP contribution in [0.25, 0.3) is 0 Å². The molecule has 4 atom stereocenters. The molecule has 1 unspecified atom stereocenters. The minimum absolute atomic E-state index is 0. The van der Waals surface area contributed by atoms with E-state index in [-0.39, 0.29) is 44.9 Å². The SMILES string of the molecule is C[C@@H]1O[C@H](CO[PH](C)=[W])C[C@@]1(C)F.[Y]. The van der Waals surface area contributed by atoms with E-state index in [1.165, 1.54) is 18.8 Å². The molecule has 0 amide bonds. The van der Waals surface area contributed by atoms with Gasteiger partial charge in [0.2, 0.25) is 0 Å². The first-order valence-corrected chi connectivity index (χ1v) is 10.6. The van der Waals surface area contributed by atoms with Crippen LogP contribution in [0.5, 0.6) is 0 Å². The van der Waals surface area contributed by atoms with E-state index in [0.29, 0.717) is 13.0 Å². The van der Waals surface area contributed by atoms with E-state index < -0.39 is 11.5 Å². The zero-order chi connectivity index (χ0) is 10.1. The molecule has 1 aliphatic rings. The molecule has 1 fully saturated rings. The van der Waals surface area contributed by atoms with Gasteiger partial charge in [-0.15, -0.1) is 0 Å². The van der Waals surface area contributed by atoms with Crippen molar-refractivity contribution in [1.29, 1.82) is 0 Å². The Balaban J connectivity index is 0.00000169. The number of alkyl halides is 1. The molecule has 0 aliphatic carbocycles.